The fourth-order valence-electron chi connectivity index (χ4n) is 3.17. The molecule has 5 rings (SSSR count). The number of aryl methyl sites for hydroxylation is 2. The average molecular weight is 598 g/mol. The number of benzene rings is 3. The summed E-state index contributed by atoms with van der Waals surface area (Å²) in [6, 6.07) is 34.6. The normalized spacial score (nSPS) is 9.69. The largest absolute Gasteiger partial charge is 3.00 e. The molecule has 162 valence electrons. The maximum atomic E-state index is 4.37. The topological polar surface area (TPSA) is 35.6 Å². The number of aromatic nitrogens is 4. The van der Waals surface area contributed by atoms with Crippen LogP contribution in [0.3, 0.4) is 0 Å². The van der Waals surface area contributed by atoms with Gasteiger partial charge in [-0.3, -0.25) is 9.36 Å². The van der Waals surface area contributed by atoms with E-state index in [0.29, 0.717) is 0 Å². The summed E-state index contributed by atoms with van der Waals surface area (Å²) in [7, 11) is 0. The third-order valence-corrected chi connectivity index (χ3v) is 4.59. The summed E-state index contributed by atoms with van der Waals surface area (Å²) < 4.78 is 3.70. The first kappa shape index (κ1) is 25.0. The minimum absolute atomic E-state index is 0. The smallest absolute Gasteiger partial charge is 0.358 e. The number of hydrogen-bond donors (Lipinski definition) is 0. The van der Waals surface area contributed by atoms with Gasteiger partial charge in [0.2, 0.25) is 0 Å². The summed E-state index contributed by atoms with van der Waals surface area (Å²) in [5.74, 6) is 0. The maximum Gasteiger partial charge on any atom is 3.00 e. The van der Waals surface area contributed by atoms with E-state index in [-0.39, 0.29) is 27.5 Å². The first-order valence-electron chi connectivity index (χ1n) is 9.78. The standard InChI is InChI=1S/C15H11N2.C11H11N2.CH3.Ir/c1-2-5-13(6-3-1)14-7-9-15(10-8-14)17-12-4-11-16-17;1-9-8-10(2)13(12-9)11-6-4-3-5-7-11;;/h1-9,11-12H;3-6,8H,1-2H3;1H3;/q3*-1;+3. The molecule has 0 unspecified atom stereocenters. The van der Waals surface area contributed by atoms with Gasteiger partial charge in [-0.15, -0.1) is 17.7 Å². The molecule has 0 fully saturated rings. The van der Waals surface area contributed by atoms with Gasteiger partial charge in [0.1, 0.15) is 0 Å². The van der Waals surface area contributed by atoms with Crippen molar-refractivity contribution in [2.45, 2.75) is 13.8 Å². The van der Waals surface area contributed by atoms with E-state index < -0.39 is 0 Å². The van der Waals surface area contributed by atoms with Crippen molar-refractivity contribution in [1.82, 2.24) is 19.6 Å². The number of rotatable bonds is 3. The van der Waals surface area contributed by atoms with Crippen molar-refractivity contribution in [3.8, 4) is 22.5 Å². The predicted octanol–water partition coefficient (Wildman–Crippen LogP) is 6.08. The predicted molar refractivity (Wildman–Crippen MR) is 126 cm³/mol. The van der Waals surface area contributed by atoms with Crippen LogP contribution < -0.4 is 0 Å². The van der Waals surface area contributed by atoms with Crippen LogP contribution in [0.15, 0.2) is 97.3 Å². The SMILES string of the molecule is Cc1cc(C)n(-c2[c-]cccc2)n1.[CH3-].[Ir+3].[c-]1cc(-c2ccccc2)ccc1-n1cccn1. The third-order valence-electron chi connectivity index (χ3n) is 4.59. The van der Waals surface area contributed by atoms with Gasteiger partial charge < -0.3 is 7.43 Å². The molecule has 0 spiro atoms. The molecule has 2 aromatic heterocycles. The first-order valence-corrected chi connectivity index (χ1v) is 9.78. The molecule has 0 saturated heterocycles. The summed E-state index contributed by atoms with van der Waals surface area (Å²) >= 11 is 0. The molecule has 2 heterocycles. The molecule has 3 aromatic carbocycles. The minimum Gasteiger partial charge on any atom is -0.358 e. The first-order chi connectivity index (χ1) is 14.7. The van der Waals surface area contributed by atoms with E-state index >= 15 is 0 Å². The van der Waals surface area contributed by atoms with Gasteiger partial charge in [-0.25, -0.2) is 0 Å². The summed E-state index contributed by atoms with van der Waals surface area (Å²) in [6.07, 6.45) is 3.67. The van der Waals surface area contributed by atoms with Gasteiger partial charge >= 0.3 is 20.1 Å². The molecule has 0 radical (unpaired) electrons. The van der Waals surface area contributed by atoms with Crippen molar-refractivity contribution >= 4 is 0 Å². The summed E-state index contributed by atoms with van der Waals surface area (Å²) in [5, 5.41) is 8.54. The second-order valence-corrected chi connectivity index (χ2v) is 6.87. The Hall–Kier alpha value is -3.27. The van der Waals surface area contributed by atoms with Crippen LogP contribution in [0.2, 0.25) is 0 Å². The molecule has 32 heavy (non-hydrogen) atoms. The fraction of sp³-hybridized carbons (Fsp3) is 0.0741. The van der Waals surface area contributed by atoms with Gasteiger partial charge in [0.05, 0.1) is 5.69 Å². The zero-order valence-corrected chi connectivity index (χ0v) is 20.8. The molecule has 4 nitrogen and oxygen atoms in total. The Bertz CT molecular complexity index is 1180. The monoisotopic (exact) mass is 598 g/mol. The molecule has 0 amide bonds. The van der Waals surface area contributed by atoms with E-state index in [2.05, 4.69) is 46.6 Å². The average Bonchev–Trinajstić information content (AvgIpc) is 3.45. The van der Waals surface area contributed by atoms with Crippen LogP contribution in [0.4, 0.5) is 0 Å². The number of nitrogens with zero attached hydrogens (tertiary/aromatic N) is 4. The molecule has 0 bridgehead atoms. The molecule has 0 aliphatic rings. The Morgan fingerprint density at radius 3 is 2.12 bits per heavy atom. The summed E-state index contributed by atoms with van der Waals surface area (Å²) in [5.41, 5.74) is 6.50. The van der Waals surface area contributed by atoms with E-state index in [9.17, 15) is 0 Å². The van der Waals surface area contributed by atoms with Crippen molar-refractivity contribution in [2.24, 2.45) is 0 Å². The molecule has 5 heteroatoms. The summed E-state index contributed by atoms with van der Waals surface area (Å²) in [4.78, 5) is 0. The molecule has 0 N–H and O–H groups in total. The quantitative estimate of drug-likeness (QED) is 0.237. The van der Waals surface area contributed by atoms with Crippen molar-refractivity contribution in [3.05, 3.63) is 128 Å². The van der Waals surface area contributed by atoms with Gasteiger partial charge in [0.15, 0.2) is 0 Å². The van der Waals surface area contributed by atoms with E-state index in [1.54, 1.807) is 10.9 Å². The second-order valence-electron chi connectivity index (χ2n) is 6.87. The van der Waals surface area contributed by atoms with Gasteiger partial charge in [0, 0.05) is 18.1 Å². The Balaban J connectivity index is 0.000000220. The molecule has 0 atom stereocenters. The number of hydrogen-bond acceptors (Lipinski definition) is 2. The van der Waals surface area contributed by atoms with E-state index in [1.165, 1.54) is 11.1 Å². The van der Waals surface area contributed by atoms with Crippen LogP contribution in [0.5, 0.6) is 0 Å². The van der Waals surface area contributed by atoms with E-state index in [1.807, 2.05) is 85.4 Å². The fourth-order valence-corrected chi connectivity index (χ4v) is 3.17. The van der Waals surface area contributed by atoms with Gasteiger partial charge in [-0.2, -0.15) is 52.7 Å². The van der Waals surface area contributed by atoms with Gasteiger partial charge in [-0.1, -0.05) is 35.9 Å². The Kier molecular flexibility index (Phi) is 9.33. The molecule has 5 aromatic rings. The van der Waals surface area contributed by atoms with Gasteiger partial charge in [-0.05, 0) is 37.4 Å². The van der Waals surface area contributed by atoms with Crippen molar-refractivity contribution in [2.75, 3.05) is 0 Å². The van der Waals surface area contributed by atoms with Gasteiger partial charge in [0.25, 0.3) is 0 Å². The van der Waals surface area contributed by atoms with Crippen LogP contribution in [-0.2, 0) is 20.1 Å². The zero-order valence-electron chi connectivity index (χ0n) is 18.4. The molecule has 0 aliphatic carbocycles. The molecular formula is C27H25IrN4. The molecule has 0 saturated carbocycles. The van der Waals surface area contributed by atoms with Crippen LogP contribution >= 0.6 is 0 Å². The molecular weight excluding hydrogens is 573 g/mol. The molecule has 0 aliphatic heterocycles. The second kappa shape index (κ2) is 11.9. The van der Waals surface area contributed by atoms with Crippen LogP contribution in [0.25, 0.3) is 22.5 Å². The van der Waals surface area contributed by atoms with Crippen LogP contribution in [0.1, 0.15) is 11.4 Å². The van der Waals surface area contributed by atoms with Crippen LogP contribution in [0, 0.1) is 33.4 Å². The minimum atomic E-state index is 0. The Labute approximate surface area is 203 Å². The van der Waals surface area contributed by atoms with Crippen molar-refractivity contribution in [3.63, 3.8) is 0 Å². The third kappa shape index (κ3) is 6.13. The van der Waals surface area contributed by atoms with Crippen molar-refractivity contribution < 1.29 is 20.1 Å². The Morgan fingerprint density at radius 1 is 0.781 bits per heavy atom. The Morgan fingerprint density at radius 2 is 1.56 bits per heavy atom. The number of para-hydroxylation sites is 1. The zero-order chi connectivity index (χ0) is 20.8. The van der Waals surface area contributed by atoms with Crippen LogP contribution in [-0.4, -0.2) is 19.6 Å². The van der Waals surface area contributed by atoms with E-state index in [4.69, 9.17) is 0 Å². The van der Waals surface area contributed by atoms with E-state index in [0.717, 1.165) is 22.8 Å². The van der Waals surface area contributed by atoms with Crippen molar-refractivity contribution in [1.29, 1.82) is 0 Å². The maximum absolute atomic E-state index is 4.37. The summed E-state index contributed by atoms with van der Waals surface area (Å²) in [6.45, 7) is 4.04.